The van der Waals surface area contributed by atoms with E-state index in [1.54, 1.807) is 24.3 Å². The SMILES string of the molecule is Nc1c(NNC(=O)c2ccc(Cl)cc2)ncnc1Sc1ccccc1. The van der Waals surface area contributed by atoms with Gasteiger partial charge in [0.05, 0.1) is 0 Å². The molecule has 8 heteroatoms. The van der Waals surface area contributed by atoms with Crippen molar-refractivity contribution in [2.24, 2.45) is 0 Å². The van der Waals surface area contributed by atoms with E-state index in [0.29, 0.717) is 27.1 Å². The first-order valence-electron chi connectivity index (χ1n) is 7.29. The van der Waals surface area contributed by atoms with Gasteiger partial charge in [0.15, 0.2) is 5.82 Å². The third kappa shape index (κ3) is 4.40. The average molecular weight is 372 g/mol. The number of amides is 1. The molecule has 1 amide bonds. The van der Waals surface area contributed by atoms with Crippen molar-refractivity contribution in [3.8, 4) is 0 Å². The van der Waals surface area contributed by atoms with Gasteiger partial charge in [-0.3, -0.25) is 15.6 Å². The van der Waals surface area contributed by atoms with Gasteiger partial charge in [-0.1, -0.05) is 41.6 Å². The highest BCUT2D eigenvalue weighted by molar-refractivity contribution is 7.99. The van der Waals surface area contributed by atoms with Crippen LogP contribution < -0.4 is 16.6 Å². The first-order chi connectivity index (χ1) is 12.1. The van der Waals surface area contributed by atoms with Crippen molar-refractivity contribution in [3.05, 3.63) is 71.5 Å². The minimum atomic E-state index is -0.327. The van der Waals surface area contributed by atoms with Crippen LogP contribution in [0.3, 0.4) is 0 Å². The molecule has 4 N–H and O–H groups in total. The monoisotopic (exact) mass is 371 g/mol. The Morgan fingerprint density at radius 2 is 1.76 bits per heavy atom. The molecule has 1 heterocycles. The summed E-state index contributed by atoms with van der Waals surface area (Å²) < 4.78 is 0. The van der Waals surface area contributed by atoms with Crippen LogP contribution >= 0.6 is 23.4 Å². The Kier molecular flexibility index (Phi) is 5.37. The summed E-state index contributed by atoms with van der Waals surface area (Å²) in [7, 11) is 0. The van der Waals surface area contributed by atoms with E-state index < -0.39 is 0 Å². The maximum atomic E-state index is 12.1. The predicted octanol–water partition coefficient (Wildman–Crippen LogP) is 3.62. The predicted molar refractivity (Wildman–Crippen MR) is 99.6 cm³/mol. The molecule has 0 atom stereocenters. The summed E-state index contributed by atoms with van der Waals surface area (Å²) in [4.78, 5) is 21.4. The fourth-order valence-electron chi connectivity index (χ4n) is 1.95. The summed E-state index contributed by atoms with van der Waals surface area (Å²) in [6.45, 7) is 0. The molecule has 0 radical (unpaired) electrons. The largest absolute Gasteiger partial charge is 0.393 e. The lowest BCUT2D eigenvalue weighted by Gasteiger charge is -2.11. The second-order valence-corrected chi connectivity index (χ2v) is 6.44. The Balaban J connectivity index is 1.69. The van der Waals surface area contributed by atoms with Crippen LogP contribution in [0.5, 0.6) is 0 Å². The van der Waals surface area contributed by atoms with Gasteiger partial charge in [0, 0.05) is 15.5 Å². The van der Waals surface area contributed by atoms with Crippen molar-refractivity contribution >= 4 is 40.8 Å². The van der Waals surface area contributed by atoms with Crippen LogP contribution in [0.15, 0.2) is 70.8 Å². The van der Waals surface area contributed by atoms with E-state index in [1.165, 1.54) is 18.1 Å². The van der Waals surface area contributed by atoms with Gasteiger partial charge in [-0.25, -0.2) is 9.97 Å². The fourth-order valence-corrected chi connectivity index (χ4v) is 2.90. The molecule has 1 aromatic heterocycles. The van der Waals surface area contributed by atoms with Gasteiger partial charge in [-0.05, 0) is 36.4 Å². The third-order valence-corrected chi connectivity index (χ3v) is 4.48. The number of nitrogens with zero attached hydrogens (tertiary/aromatic N) is 2. The summed E-state index contributed by atoms with van der Waals surface area (Å²) in [5.41, 5.74) is 12.2. The Bertz CT molecular complexity index is 874. The number of aromatic nitrogens is 2. The number of rotatable bonds is 5. The third-order valence-electron chi connectivity index (χ3n) is 3.21. The normalized spacial score (nSPS) is 10.3. The van der Waals surface area contributed by atoms with Crippen molar-refractivity contribution in [1.82, 2.24) is 15.4 Å². The zero-order valence-corrected chi connectivity index (χ0v) is 14.5. The van der Waals surface area contributed by atoms with Crippen LogP contribution in [0.2, 0.25) is 5.02 Å². The highest BCUT2D eigenvalue weighted by Gasteiger charge is 2.11. The quantitative estimate of drug-likeness (QED) is 0.468. The van der Waals surface area contributed by atoms with Crippen LogP contribution in [-0.2, 0) is 0 Å². The van der Waals surface area contributed by atoms with Crippen LogP contribution in [0.1, 0.15) is 10.4 Å². The number of hydrogen-bond donors (Lipinski definition) is 3. The Hall–Kier alpha value is -2.77. The number of anilines is 2. The summed E-state index contributed by atoms with van der Waals surface area (Å²) in [6, 6.07) is 16.3. The lowest BCUT2D eigenvalue weighted by Crippen LogP contribution is -2.30. The Morgan fingerprint density at radius 3 is 2.48 bits per heavy atom. The second-order valence-electron chi connectivity index (χ2n) is 4.94. The molecule has 0 saturated carbocycles. The van der Waals surface area contributed by atoms with Crippen molar-refractivity contribution in [1.29, 1.82) is 0 Å². The van der Waals surface area contributed by atoms with Crippen molar-refractivity contribution in [3.63, 3.8) is 0 Å². The number of hydrogen-bond acceptors (Lipinski definition) is 6. The van der Waals surface area contributed by atoms with E-state index in [0.717, 1.165) is 4.90 Å². The van der Waals surface area contributed by atoms with Gasteiger partial charge in [-0.15, -0.1) is 0 Å². The lowest BCUT2D eigenvalue weighted by molar-refractivity contribution is 0.0962. The molecule has 0 fully saturated rings. The van der Waals surface area contributed by atoms with E-state index in [-0.39, 0.29) is 5.91 Å². The minimum Gasteiger partial charge on any atom is -0.393 e. The molecule has 3 rings (SSSR count). The smallest absolute Gasteiger partial charge is 0.269 e. The molecule has 0 unspecified atom stereocenters. The topological polar surface area (TPSA) is 92.9 Å². The fraction of sp³-hybridized carbons (Fsp3) is 0. The number of nitrogens with two attached hydrogens (primary N) is 1. The van der Waals surface area contributed by atoms with Crippen LogP contribution in [0.4, 0.5) is 11.5 Å². The Morgan fingerprint density at radius 1 is 1.04 bits per heavy atom. The maximum absolute atomic E-state index is 12.1. The van der Waals surface area contributed by atoms with E-state index >= 15 is 0 Å². The number of nitrogen functional groups attached to an aromatic ring is 1. The number of benzene rings is 2. The van der Waals surface area contributed by atoms with Gasteiger partial charge in [0.25, 0.3) is 5.91 Å². The van der Waals surface area contributed by atoms with Gasteiger partial charge in [-0.2, -0.15) is 0 Å². The molecular formula is C17H14ClN5OS. The zero-order chi connectivity index (χ0) is 17.6. The number of hydrazine groups is 1. The molecule has 6 nitrogen and oxygen atoms in total. The van der Waals surface area contributed by atoms with E-state index in [4.69, 9.17) is 17.3 Å². The number of halogens is 1. The molecule has 0 bridgehead atoms. The van der Waals surface area contributed by atoms with E-state index in [9.17, 15) is 4.79 Å². The summed E-state index contributed by atoms with van der Waals surface area (Å²) in [6.07, 6.45) is 1.39. The van der Waals surface area contributed by atoms with E-state index in [1.807, 2.05) is 30.3 Å². The van der Waals surface area contributed by atoms with Crippen LogP contribution in [0, 0.1) is 0 Å². The van der Waals surface area contributed by atoms with Crippen LogP contribution in [-0.4, -0.2) is 15.9 Å². The first kappa shape index (κ1) is 17.1. The molecule has 3 aromatic rings. The average Bonchev–Trinajstić information content (AvgIpc) is 2.63. The standard InChI is InChI=1S/C17H14ClN5OS/c18-12-8-6-11(7-9-12)16(24)23-22-15-14(19)17(21-10-20-15)25-13-4-2-1-3-5-13/h1-10H,19H2,(H,23,24)(H,20,21,22). The van der Waals surface area contributed by atoms with Gasteiger partial charge >= 0.3 is 0 Å². The highest BCUT2D eigenvalue weighted by Crippen LogP contribution is 2.32. The van der Waals surface area contributed by atoms with Gasteiger partial charge < -0.3 is 5.73 Å². The van der Waals surface area contributed by atoms with Crippen molar-refractivity contribution < 1.29 is 4.79 Å². The second kappa shape index (κ2) is 7.87. The summed E-state index contributed by atoms with van der Waals surface area (Å²) >= 11 is 7.23. The molecule has 0 aliphatic carbocycles. The molecule has 126 valence electrons. The van der Waals surface area contributed by atoms with Crippen molar-refractivity contribution in [2.45, 2.75) is 9.92 Å². The van der Waals surface area contributed by atoms with E-state index in [2.05, 4.69) is 20.8 Å². The molecule has 0 aliphatic rings. The molecule has 25 heavy (non-hydrogen) atoms. The minimum absolute atomic E-state index is 0.327. The van der Waals surface area contributed by atoms with Gasteiger partial charge in [0.1, 0.15) is 17.0 Å². The van der Waals surface area contributed by atoms with Crippen molar-refractivity contribution in [2.75, 3.05) is 11.2 Å². The summed E-state index contributed by atoms with van der Waals surface area (Å²) in [5, 5.41) is 1.16. The first-order valence-corrected chi connectivity index (χ1v) is 8.48. The molecule has 2 aromatic carbocycles. The zero-order valence-electron chi connectivity index (χ0n) is 12.9. The molecule has 0 aliphatic heterocycles. The molecular weight excluding hydrogens is 358 g/mol. The van der Waals surface area contributed by atoms with Crippen LogP contribution in [0.25, 0.3) is 0 Å². The number of carbonyl (C=O) groups excluding carboxylic acids is 1. The summed E-state index contributed by atoms with van der Waals surface area (Å²) in [5.74, 6) is 0.00249. The Labute approximate surface area is 153 Å². The van der Waals surface area contributed by atoms with Gasteiger partial charge in [0.2, 0.25) is 0 Å². The molecule has 0 saturated heterocycles. The number of carbonyl (C=O) groups is 1. The lowest BCUT2D eigenvalue weighted by atomic mass is 10.2. The number of nitrogens with one attached hydrogen (secondary N) is 2. The maximum Gasteiger partial charge on any atom is 0.269 e. The molecule has 0 spiro atoms. The highest BCUT2D eigenvalue weighted by atomic mass is 35.5.